The number of aliphatic imine (C=N–C) groups is 1. The molecule has 1 aliphatic rings. The van der Waals surface area contributed by atoms with Gasteiger partial charge in [-0.2, -0.15) is 5.10 Å². The summed E-state index contributed by atoms with van der Waals surface area (Å²) in [5.41, 5.74) is 3.64. The number of nitrogens with zero attached hydrogens (tertiary/aromatic N) is 4. The third-order valence-electron chi connectivity index (χ3n) is 5.07. The van der Waals surface area contributed by atoms with Crippen molar-refractivity contribution in [3.05, 3.63) is 47.3 Å². The summed E-state index contributed by atoms with van der Waals surface area (Å²) in [6, 6.07) is 8.37. The number of amides is 1. The van der Waals surface area contributed by atoms with E-state index in [0.717, 1.165) is 41.3 Å². The summed E-state index contributed by atoms with van der Waals surface area (Å²) in [7, 11) is 3.67. The summed E-state index contributed by atoms with van der Waals surface area (Å²) < 4.78 is 7.48. The molecule has 1 aromatic carbocycles. The van der Waals surface area contributed by atoms with E-state index in [-0.39, 0.29) is 12.1 Å². The average Bonchev–Trinajstić information content (AvgIpc) is 3.43. The average molecular weight is 427 g/mol. The molecule has 1 aromatic heterocycles. The lowest BCUT2D eigenvalue weighted by atomic mass is 10.1. The van der Waals surface area contributed by atoms with Crippen LogP contribution in [0.1, 0.15) is 50.4 Å². The Labute approximate surface area is 184 Å². The van der Waals surface area contributed by atoms with Gasteiger partial charge in [0.1, 0.15) is 5.60 Å². The van der Waals surface area contributed by atoms with Crippen LogP contribution in [0.3, 0.4) is 0 Å². The Morgan fingerprint density at radius 1 is 1.26 bits per heavy atom. The van der Waals surface area contributed by atoms with E-state index in [9.17, 15) is 4.79 Å². The molecule has 0 aliphatic heterocycles. The second kappa shape index (κ2) is 9.41. The van der Waals surface area contributed by atoms with Crippen LogP contribution in [0.25, 0.3) is 0 Å². The number of carbonyl (C=O) groups is 1. The fourth-order valence-corrected chi connectivity index (χ4v) is 3.34. The zero-order valence-electron chi connectivity index (χ0n) is 19.4. The third kappa shape index (κ3) is 6.23. The molecule has 0 saturated heterocycles. The van der Waals surface area contributed by atoms with Crippen LogP contribution in [0, 0.1) is 6.92 Å². The van der Waals surface area contributed by atoms with Gasteiger partial charge in [-0.15, -0.1) is 0 Å². The summed E-state index contributed by atoms with van der Waals surface area (Å²) in [5, 5.41) is 10.8. The zero-order valence-corrected chi connectivity index (χ0v) is 19.4. The van der Waals surface area contributed by atoms with Crippen molar-refractivity contribution in [3.63, 3.8) is 0 Å². The van der Waals surface area contributed by atoms with E-state index in [1.807, 2.05) is 62.5 Å². The van der Waals surface area contributed by atoms with Crippen molar-refractivity contribution in [3.8, 4) is 0 Å². The van der Waals surface area contributed by atoms with Crippen molar-refractivity contribution in [2.45, 2.75) is 65.3 Å². The van der Waals surface area contributed by atoms with E-state index < -0.39 is 5.60 Å². The lowest BCUT2D eigenvalue weighted by molar-refractivity contribution is 0.0577. The van der Waals surface area contributed by atoms with Gasteiger partial charge in [-0.05, 0) is 63.8 Å². The molecular weight excluding hydrogens is 392 g/mol. The maximum atomic E-state index is 12.8. The van der Waals surface area contributed by atoms with Gasteiger partial charge in [0.2, 0.25) is 0 Å². The predicted molar refractivity (Wildman–Crippen MR) is 123 cm³/mol. The molecule has 8 heteroatoms. The number of benzene rings is 1. The van der Waals surface area contributed by atoms with Gasteiger partial charge in [0.15, 0.2) is 5.96 Å². The molecule has 2 N–H and O–H groups in total. The van der Waals surface area contributed by atoms with Gasteiger partial charge in [-0.3, -0.25) is 14.6 Å². The molecule has 31 heavy (non-hydrogen) atoms. The number of guanidine groups is 1. The van der Waals surface area contributed by atoms with Crippen LogP contribution in [-0.4, -0.2) is 40.5 Å². The van der Waals surface area contributed by atoms with Crippen molar-refractivity contribution in [2.24, 2.45) is 12.0 Å². The molecule has 8 nitrogen and oxygen atoms in total. The molecule has 0 atom stereocenters. The predicted octanol–water partition coefficient (Wildman–Crippen LogP) is 3.50. The number of hydrogen-bond donors (Lipinski definition) is 2. The second-order valence-corrected chi connectivity index (χ2v) is 8.93. The highest BCUT2D eigenvalue weighted by molar-refractivity contribution is 5.90. The molecule has 0 bridgehead atoms. The van der Waals surface area contributed by atoms with Crippen LogP contribution in [0.2, 0.25) is 0 Å². The van der Waals surface area contributed by atoms with E-state index in [4.69, 9.17) is 4.74 Å². The van der Waals surface area contributed by atoms with Crippen LogP contribution in [-0.2, 0) is 24.9 Å². The van der Waals surface area contributed by atoms with E-state index in [1.54, 1.807) is 13.2 Å². The van der Waals surface area contributed by atoms with Crippen LogP contribution >= 0.6 is 0 Å². The minimum absolute atomic E-state index is 0.229. The van der Waals surface area contributed by atoms with Gasteiger partial charge in [0.25, 0.3) is 0 Å². The highest BCUT2D eigenvalue weighted by atomic mass is 16.6. The van der Waals surface area contributed by atoms with Crippen molar-refractivity contribution in [1.29, 1.82) is 0 Å². The quantitative estimate of drug-likeness (QED) is 0.546. The van der Waals surface area contributed by atoms with Crippen molar-refractivity contribution in [2.75, 3.05) is 11.9 Å². The number of rotatable bonds is 6. The first-order valence-corrected chi connectivity index (χ1v) is 10.7. The normalized spacial score (nSPS) is 14.3. The number of aromatic nitrogens is 2. The Hall–Kier alpha value is -3.03. The maximum absolute atomic E-state index is 12.8. The van der Waals surface area contributed by atoms with Gasteiger partial charge in [0.05, 0.1) is 17.9 Å². The number of carbonyl (C=O) groups excluding carboxylic acids is 1. The summed E-state index contributed by atoms with van der Waals surface area (Å²) in [5.74, 6) is 0.719. The van der Waals surface area contributed by atoms with Crippen LogP contribution in [0.15, 0.2) is 35.5 Å². The fourth-order valence-electron chi connectivity index (χ4n) is 3.34. The highest BCUT2D eigenvalue weighted by Crippen LogP contribution is 2.35. The Morgan fingerprint density at radius 3 is 2.52 bits per heavy atom. The number of ether oxygens (including phenoxy) is 1. The van der Waals surface area contributed by atoms with Gasteiger partial charge in [-0.25, -0.2) is 4.79 Å². The van der Waals surface area contributed by atoms with E-state index >= 15 is 0 Å². The summed E-state index contributed by atoms with van der Waals surface area (Å²) in [6.07, 6.45) is 3.53. The molecular formula is C23H34N6O2. The first-order chi connectivity index (χ1) is 14.7. The number of aryl methyl sites for hydroxylation is 2. The minimum atomic E-state index is -0.514. The summed E-state index contributed by atoms with van der Waals surface area (Å²) in [6.45, 7) is 8.99. The molecule has 1 heterocycles. The number of anilines is 1. The van der Waals surface area contributed by atoms with Crippen molar-refractivity contribution in [1.82, 2.24) is 20.4 Å². The molecule has 1 aliphatic carbocycles. The summed E-state index contributed by atoms with van der Waals surface area (Å²) in [4.78, 5) is 18.9. The van der Waals surface area contributed by atoms with E-state index in [0.29, 0.717) is 13.1 Å². The number of hydrogen-bond acceptors (Lipinski definition) is 4. The first kappa shape index (κ1) is 22.7. The minimum Gasteiger partial charge on any atom is -0.443 e. The second-order valence-electron chi connectivity index (χ2n) is 8.93. The molecule has 0 unspecified atom stereocenters. The molecule has 1 saturated carbocycles. The topological polar surface area (TPSA) is 83.8 Å². The van der Waals surface area contributed by atoms with Gasteiger partial charge in [0, 0.05) is 32.9 Å². The van der Waals surface area contributed by atoms with Gasteiger partial charge < -0.3 is 15.4 Å². The lowest BCUT2D eigenvalue weighted by Gasteiger charge is -2.28. The highest BCUT2D eigenvalue weighted by Gasteiger charge is 2.37. The molecule has 1 amide bonds. The van der Waals surface area contributed by atoms with Crippen molar-refractivity contribution < 1.29 is 9.53 Å². The molecule has 3 rings (SSSR count). The molecule has 0 spiro atoms. The maximum Gasteiger partial charge on any atom is 0.415 e. The lowest BCUT2D eigenvalue weighted by Crippen LogP contribution is -2.39. The Morgan fingerprint density at radius 2 is 1.97 bits per heavy atom. The first-order valence-electron chi connectivity index (χ1n) is 10.7. The standard InChI is InChI=1S/C23H34N6O2/c1-16-13-17(14-25-21(24-5)26-15-19-11-12-27-28(19)6)7-10-20(16)29(18-8-9-18)22(30)31-23(2,3)4/h7,10-13,18H,8-9,14-15H2,1-6H3,(H2,24,25,26). The van der Waals surface area contributed by atoms with Gasteiger partial charge >= 0.3 is 6.09 Å². The monoisotopic (exact) mass is 426 g/mol. The molecule has 168 valence electrons. The molecule has 0 radical (unpaired) electrons. The third-order valence-corrected chi connectivity index (χ3v) is 5.07. The fraction of sp³-hybridized carbons (Fsp3) is 0.522. The SMILES string of the molecule is CN=C(NCc1ccc(N(C(=O)OC(C)(C)C)C2CC2)c(C)c1)NCc1ccnn1C. The summed E-state index contributed by atoms with van der Waals surface area (Å²) >= 11 is 0. The van der Waals surface area contributed by atoms with E-state index in [1.165, 1.54) is 0 Å². The zero-order chi connectivity index (χ0) is 22.6. The van der Waals surface area contributed by atoms with Gasteiger partial charge in [-0.1, -0.05) is 12.1 Å². The molecule has 2 aromatic rings. The van der Waals surface area contributed by atoms with Crippen LogP contribution in [0.4, 0.5) is 10.5 Å². The Kier molecular flexibility index (Phi) is 6.87. The largest absolute Gasteiger partial charge is 0.443 e. The number of nitrogens with one attached hydrogen (secondary N) is 2. The van der Waals surface area contributed by atoms with Crippen LogP contribution < -0.4 is 15.5 Å². The van der Waals surface area contributed by atoms with E-state index in [2.05, 4.69) is 26.8 Å². The van der Waals surface area contributed by atoms with Crippen LogP contribution in [0.5, 0.6) is 0 Å². The van der Waals surface area contributed by atoms with Crippen molar-refractivity contribution >= 4 is 17.7 Å². The Balaban J connectivity index is 1.63. The smallest absolute Gasteiger partial charge is 0.415 e. The Bertz CT molecular complexity index is 940. The molecule has 1 fully saturated rings.